The predicted octanol–water partition coefficient (Wildman–Crippen LogP) is 3.17. The first-order valence-corrected chi connectivity index (χ1v) is 10.6. The molecule has 0 saturated carbocycles. The van der Waals surface area contributed by atoms with Crippen LogP contribution in [0.15, 0.2) is 94.3 Å². The summed E-state index contributed by atoms with van der Waals surface area (Å²) >= 11 is 0. The zero-order valence-electron chi connectivity index (χ0n) is 16.0. The number of rotatable bonds is 3. The van der Waals surface area contributed by atoms with Crippen molar-refractivity contribution in [1.29, 1.82) is 0 Å². The molecule has 6 heteroatoms. The average Bonchev–Trinajstić information content (AvgIpc) is 2.95. The highest BCUT2D eigenvalue weighted by atomic mass is 32.2. The van der Waals surface area contributed by atoms with E-state index in [0.717, 1.165) is 0 Å². The zero-order chi connectivity index (χ0) is 20.8. The van der Waals surface area contributed by atoms with Gasteiger partial charge in [-0.3, -0.25) is 9.59 Å². The SMILES string of the molecule is CC1=CC(=O)C=CC12C(c1ccccc1)=C(S(=O)(=O)c1ccccc1)C(=O)N2C. The fourth-order valence-corrected chi connectivity index (χ4v) is 5.71. The van der Waals surface area contributed by atoms with Crippen LogP contribution in [0, 0.1) is 0 Å². The Hall–Kier alpha value is -3.25. The summed E-state index contributed by atoms with van der Waals surface area (Å²) in [6, 6.07) is 16.9. The van der Waals surface area contributed by atoms with E-state index in [9.17, 15) is 18.0 Å². The molecular weight excluding hydrogens is 386 g/mol. The molecule has 0 saturated heterocycles. The molecule has 4 rings (SSSR count). The Balaban J connectivity index is 2.11. The highest BCUT2D eigenvalue weighted by Gasteiger charge is 2.54. The van der Waals surface area contributed by atoms with Gasteiger partial charge in [-0.05, 0) is 48.4 Å². The van der Waals surface area contributed by atoms with E-state index in [-0.39, 0.29) is 15.6 Å². The summed E-state index contributed by atoms with van der Waals surface area (Å²) in [4.78, 5) is 26.5. The number of carbonyl (C=O) groups is 2. The van der Waals surface area contributed by atoms with E-state index in [1.54, 1.807) is 62.5 Å². The number of carbonyl (C=O) groups excluding carboxylic acids is 2. The number of hydrogen-bond acceptors (Lipinski definition) is 4. The molecule has 0 fully saturated rings. The first-order valence-electron chi connectivity index (χ1n) is 9.10. The van der Waals surface area contributed by atoms with Crippen LogP contribution in [0.5, 0.6) is 0 Å². The molecule has 1 aliphatic carbocycles. The maximum absolute atomic E-state index is 13.6. The molecule has 1 heterocycles. The molecule has 1 spiro atoms. The van der Waals surface area contributed by atoms with Crippen molar-refractivity contribution in [2.75, 3.05) is 7.05 Å². The lowest BCUT2D eigenvalue weighted by molar-refractivity contribution is -0.126. The van der Waals surface area contributed by atoms with Crippen LogP contribution in [0.2, 0.25) is 0 Å². The Morgan fingerprint density at radius 3 is 2.07 bits per heavy atom. The van der Waals surface area contributed by atoms with Crippen molar-refractivity contribution in [2.45, 2.75) is 17.4 Å². The summed E-state index contributed by atoms with van der Waals surface area (Å²) < 4.78 is 27.1. The van der Waals surface area contributed by atoms with Crippen LogP contribution in [-0.4, -0.2) is 37.6 Å². The lowest BCUT2D eigenvalue weighted by atomic mass is 9.77. The summed E-state index contributed by atoms with van der Waals surface area (Å²) in [6.07, 6.45) is 4.46. The Morgan fingerprint density at radius 1 is 0.897 bits per heavy atom. The fraction of sp³-hybridized carbons (Fsp3) is 0.130. The minimum Gasteiger partial charge on any atom is -0.324 e. The Bertz CT molecular complexity index is 1210. The summed E-state index contributed by atoms with van der Waals surface area (Å²) in [5, 5.41) is 0. The molecule has 0 bridgehead atoms. The molecule has 1 unspecified atom stereocenters. The third-order valence-corrected chi connectivity index (χ3v) is 7.28. The van der Waals surface area contributed by atoms with Gasteiger partial charge in [0.2, 0.25) is 9.84 Å². The van der Waals surface area contributed by atoms with Gasteiger partial charge in [0.1, 0.15) is 10.4 Å². The number of benzene rings is 2. The van der Waals surface area contributed by atoms with Crippen LogP contribution in [0.3, 0.4) is 0 Å². The number of nitrogens with zero attached hydrogens (tertiary/aromatic N) is 1. The monoisotopic (exact) mass is 405 g/mol. The normalized spacial score (nSPS) is 21.9. The molecule has 2 aromatic carbocycles. The smallest absolute Gasteiger partial charge is 0.267 e. The summed E-state index contributed by atoms with van der Waals surface area (Å²) in [7, 11) is -2.52. The van der Waals surface area contributed by atoms with Crippen molar-refractivity contribution in [2.24, 2.45) is 0 Å². The Labute approximate surface area is 169 Å². The van der Waals surface area contributed by atoms with E-state index in [0.29, 0.717) is 16.7 Å². The second kappa shape index (κ2) is 6.67. The van der Waals surface area contributed by atoms with Crippen LogP contribution < -0.4 is 0 Å². The standard InChI is InChI=1S/C23H19NO4S/c1-16-15-18(25)13-14-23(16)20(17-9-5-3-6-10-17)21(22(26)24(23)2)29(27,28)19-11-7-4-8-12-19/h3-15H,1-2H3. The van der Waals surface area contributed by atoms with Gasteiger partial charge in [-0.25, -0.2) is 8.42 Å². The van der Waals surface area contributed by atoms with Gasteiger partial charge in [0.15, 0.2) is 5.78 Å². The highest BCUT2D eigenvalue weighted by Crippen LogP contribution is 2.50. The van der Waals surface area contributed by atoms with E-state index >= 15 is 0 Å². The molecule has 1 amide bonds. The lowest BCUT2D eigenvalue weighted by Gasteiger charge is -2.38. The summed E-state index contributed by atoms with van der Waals surface area (Å²) in [5.74, 6) is -0.791. The van der Waals surface area contributed by atoms with Crippen molar-refractivity contribution in [3.63, 3.8) is 0 Å². The molecule has 0 radical (unpaired) electrons. The average molecular weight is 405 g/mol. The molecule has 0 aromatic heterocycles. The number of likely N-dealkylation sites (N-methyl/N-ethyl adjacent to an activating group) is 1. The topological polar surface area (TPSA) is 71.5 Å². The number of hydrogen-bond donors (Lipinski definition) is 0. The van der Waals surface area contributed by atoms with Gasteiger partial charge in [-0.15, -0.1) is 0 Å². The van der Waals surface area contributed by atoms with Gasteiger partial charge >= 0.3 is 0 Å². The van der Waals surface area contributed by atoms with Gasteiger partial charge in [-0.2, -0.15) is 0 Å². The Kier molecular flexibility index (Phi) is 4.39. The molecule has 2 aromatic rings. The number of allylic oxidation sites excluding steroid dienone is 2. The number of sulfone groups is 1. The summed E-state index contributed by atoms with van der Waals surface area (Å²) in [6.45, 7) is 1.74. The molecule has 5 nitrogen and oxygen atoms in total. The van der Waals surface area contributed by atoms with Gasteiger partial charge in [-0.1, -0.05) is 48.5 Å². The third kappa shape index (κ3) is 2.71. The largest absolute Gasteiger partial charge is 0.324 e. The van der Waals surface area contributed by atoms with Crippen molar-refractivity contribution in [3.8, 4) is 0 Å². The maximum atomic E-state index is 13.6. The third-order valence-electron chi connectivity index (χ3n) is 5.47. The predicted molar refractivity (Wildman–Crippen MR) is 110 cm³/mol. The second-order valence-corrected chi connectivity index (χ2v) is 8.97. The molecule has 29 heavy (non-hydrogen) atoms. The fourth-order valence-electron chi connectivity index (χ4n) is 4.05. The first-order chi connectivity index (χ1) is 13.8. The van der Waals surface area contributed by atoms with E-state index < -0.39 is 21.3 Å². The van der Waals surface area contributed by atoms with E-state index in [1.165, 1.54) is 29.2 Å². The molecule has 1 atom stereocenters. The van der Waals surface area contributed by atoms with E-state index in [1.807, 2.05) is 6.07 Å². The van der Waals surface area contributed by atoms with Gasteiger partial charge in [0, 0.05) is 12.6 Å². The Morgan fingerprint density at radius 2 is 1.48 bits per heavy atom. The van der Waals surface area contributed by atoms with Crippen LogP contribution in [0.1, 0.15) is 12.5 Å². The van der Waals surface area contributed by atoms with Crippen LogP contribution in [-0.2, 0) is 19.4 Å². The minimum absolute atomic E-state index is 0.0553. The first kappa shape index (κ1) is 19.1. The van der Waals surface area contributed by atoms with Crippen LogP contribution >= 0.6 is 0 Å². The molecular formula is C23H19NO4S. The van der Waals surface area contributed by atoms with Crippen molar-refractivity contribution < 1.29 is 18.0 Å². The van der Waals surface area contributed by atoms with Crippen molar-refractivity contribution in [3.05, 3.63) is 94.9 Å². The van der Waals surface area contributed by atoms with Gasteiger partial charge in [0.05, 0.1) is 4.90 Å². The number of amides is 1. The zero-order valence-corrected chi connectivity index (χ0v) is 16.8. The van der Waals surface area contributed by atoms with E-state index in [2.05, 4.69) is 0 Å². The summed E-state index contributed by atoms with van der Waals surface area (Å²) in [5.41, 5.74) is 0.445. The molecule has 2 aliphatic rings. The highest BCUT2D eigenvalue weighted by molar-refractivity contribution is 7.96. The molecule has 1 aliphatic heterocycles. The molecule has 146 valence electrons. The quantitative estimate of drug-likeness (QED) is 0.786. The maximum Gasteiger partial charge on any atom is 0.267 e. The van der Waals surface area contributed by atoms with E-state index in [4.69, 9.17) is 0 Å². The van der Waals surface area contributed by atoms with Crippen molar-refractivity contribution in [1.82, 2.24) is 4.90 Å². The van der Waals surface area contributed by atoms with Crippen LogP contribution in [0.4, 0.5) is 0 Å². The van der Waals surface area contributed by atoms with Crippen LogP contribution in [0.25, 0.3) is 5.57 Å². The minimum atomic E-state index is -4.09. The lowest BCUT2D eigenvalue weighted by Crippen LogP contribution is -2.46. The second-order valence-electron chi connectivity index (χ2n) is 7.08. The van der Waals surface area contributed by atoms with Gasteiger partial charge < -0.3 is 4.90 Å². The molecule has 0 N–H and O–H groups in total. The van der Waals surface area contributed by atoms with Gasteiger partial charge in [0.25, 0.3) is 5.91 Å². The number of ketones is 1. The van der Waals surface area contributed by atoms with Crippen molar-refractivity contribution >= 4 is 27.1 Å².